The predicted octanol–water partition coefficient (Wildman–Crippen LogP) is 4.51. The van der Waals surface area contributed by atoms with E-state index in [2.05, 4.69) is 38.0 Å². The van der Waals surface area contributed by atoms with E-state index < -0.39 is 0 Å². The molecule has 0 N–H and O–H groups in total. The van der Waals surface area contributed by atoms with Crippen LogP contribution in [-0.2, 0) is 31.1 Å². The summed E-state index contributed by atoms with van der Waals surface area (Å²) in [4.78, 5) is 14.9. The van der Waals surface area contributed by atoms with Crippen molar-refractivity contribution in [3.05, 3.63) is 34.0 Å². The number of piperidine rings is 1. The number of hydrogen-bond donors (Lipinski definition) is 0. The minimum absolute atomic E-state index is 0.258. The van der Waals surface area contributed by atoms with Crippen molar-refractivity contribution in [2.75, 3.05) is 13.1 Å². The van der Waals surface area contributed by atoms with Crippen LogP contribution in [0.5, 0.6) is 0 Å². The van der Waals surface area contributed by atoms with Crippen LogP contribution in [0.25, 0.3) is 0 Å². The number of likely N-dealkylation sites (tertiary alicyclic amines) is 1. The van der Waals surface area contributed by atoms with E-state index in [9.17, 15) is 4.79 Å². The molecule has 2 aromatic heterocycles. The van der Waals surface area contributed by atoms with Crippen LogP contribution in [0.4, 0.5) is 0 Å². The summed E-state index contributed by atoms with van der Waals surface area (Å²) < 4.78 is 7.79. The SMILES string of the molecule is Cc1nn(C)c(C)c1CCC(=O)N1CCC(c2onc3c2CC(C(C)(C)C)CC3)CC1. The fourth-order valence-electron chi connectivity index (χ4n) is 5.45. The molecular formula is C25H38N4O2. The second-order valence-electron chi connectivity index (χ2n) is 10.7. The molecule has 1 aliphatic heterocycles. The Balaban J connectivity index is 1.34. The average molecular weight is 427 g/mol. The molecule has 0 spiro atoms. The number of amides is 1. The molecule has 6 heteroatoms. The van der Waals surface area contributed by atoms with Crippen molar-refractivity contribution in [1.29, 1.82) is 0 Å². The minimum Gasteiger partial charge on any atom is -0.361 e. The maximum Gasteiger partial charge on any atom is 0.222 e. The first-order chi connectivity index (χ1) is 14.6. The third-order valence-electron chi connectivity index (χ3n) is 7.77. The van der Waals surface area contributed by atoms with Crippen molar-refractivity contribution in [3.63, 3.8) is 0 Å². The summed E-state index contributed by atoms with van der Waals surface area (Å²) in [6.45, 7) is 12.8. The van der Waals surface area contributed by atoms with Gasteiger partial charge < -0.3 is 9.42 Å². The molecule has 1 amide bonds. The number of carbonyl (C=O) groups excluding carboxylic acids is 1. The molecule has 2 aromatic rings. The molecule has 31 heavy (non-hydrogen) atoms. The van der Waals surface area contributed by atoms with Crippen molar-refractivity contribution in [3.8, 4) is 0 Å². The lowest BCUT2D eigenvalue weighted by Crippen LogP contribution is -2.38. The average Bonchev–Trinajstić information content (AvgIpc) is 3.26. The summed E-state index contributed by atoms with van der Waals surface area (Å²) in [5.74, 6) is 2.44. The molecule has 3 heterocycles. The zero-order chi connectivity index (χ0) is 22.3. The molecule has 1 aliphatic carbocycles. The standard InChI is InChI=1S/C25H38N4O2/c1-16-20(17(2)28(6)26-16)8-10-23(30)29-13-11-18(12-14-29)24-21-15-19(25(3,4)5)7-9-22(21)27-31-24/h18-19H,7-15H2,1-6H3. The van der Waals surface area contributed by atoms with Crippen LogP contribution in [0.3, 0.4) is 0 Å². The second kappa shape index (κ2) is 8.44. The Kier molecular flexibility index (Phi) is 6.01. The first-order valence-corrected chi connectivity index (χ1v) is 11.9. The molecule has 170 valence electrons. The van der Waals surface area contributed by atoms with Gasteiger partial charge in [0.1, 0.15) is 5.76 Å². The van der Waals surface area contributed by atoms with E-state index in [0.717, 1.165) is 62.3 Å². The number of carbonyl (C=O) groups is 1. The topological polar surface area (TPSA) is 64.2 Å². The quantitative estimate of drug-likeness (QED) is 0.721. The zero-order valence-electron chi connectivity index (χ0n) is 20.1. The first kappa shape index (κ1) is 22.1. The summed E-state index contributed by atoms with van der Waals surface area (Å²) >= 11 is 0. The number of hydrogen-bond acceptors (Lipinski definition) is 4. The molecule has 0 aromatic carbocycles. The minimum atomic E-state index is 0.258. The van der Waals surface area contributed by atoms with Gasteiger partial charge in [0.05, 0.1) is 11.4 Å². The number of fused-ring (bicyclic) bond motifs is 1. The van der Waals surface area contributed by atoms with E-state index in [-0.39, 0.29) is 5.91 Å². The summed E-state index contributed by atoms with van der Waals surface area (Å²) in [6.07, 6.45) is 6.59. The molecule has 0 saturated carbocycles. The van der Waals surface area contributed by atoms with Crippen molar-refractivity contribution >= 4 is 5.91 Å². The van der Waals surface area contributed by atoms with Crippen molar-refractivity contribution in [2.24, 2.45) is 18.4 Å². The summed E-state index contributed by atoms with van der Waals surface area (Å²) in [5.41, 5.74) is 6.28. The number of rotatable bonds is 4. The van der Waals surface area contributed by atoms with Crippen LogP contribution in [0, 0.1) is 25.2 Å². The number of nitrogens with zero attached hydrogens (tertiary/aromatic N) is 4. The van der Waals surface area contributed by atoms with Crippen LogP contribution in [0.2, 0.25) is 0 Å². The Morgan fingerprint density at radius 1 is 1.16 bits per heavy atom. The third kappa shape index (κ3) is 4.44. The van der Waals surface area contributed by atoms with Gasteiger partial charge in [-0.3, -0.25) is 9.48 Å². The maximum atomic E-state index is 12.8. The van der Waals surface area contributed by atoms with Crippen molar-refractivity contribution in [1.82, 2.24) is 19.8 Å². The fourth-order valence-corrected chi connectivity index (χ4v) is 5.45. The van der Waals surface area contributed by atoms with Gasteiger partial charge in [0, 0.05) is 43.7 Å². The summed E-state index contributed by atoms with van der Waals surface area (Å²) in [7, 11) is 1.96. The summed E-state index contributed by atoms with van der Waals surface area (Å²) in [5, 5.41) is 8.89. The monoisotopic (exact) mass is 426 g/mol. The predicted molar refractivity (Wildman–Crippen MR) is 121 cm³/mol. The lowest BCUT2D eigenvalue weighted by Gasteiger charge is -2.35. The second-order valence-corrected chi connectivity index (χ2v) is 10.7. The lowest BCUT2D eigenvalue weighted by atomic mass is 9.71. The van der Waals surface area contributed by atoms with Crippen LogP contribution < -0.4 is 0 Å². The molecule has 6 nitrogen and oxygen atoms in total. The van der Waals surface area contributed by atoms with Crippen LogP contribution in [0.1, 0.15) is 86.3 Å². The van der Waals surface area contributed by atoms with Gasteiger partial charge in [-0.25, -0.2) is 0 Å². The van der Waals surface area contributed by atoms with Gasteiger partial charge in [0.15, 0.2) is 0 Å². The number of aryl methyl sites for hydroxylation is 3. The lowest BCUT2D eigenvalue weighted by molar-refractivity contribution is -0.132. The molecule has 0 radical (unpaired) electrons. The Morgan fingerprint density at radius 3 is 2.48 bits per heavy atom. The smallest absolute Gasteiger partial charge is 0.222 e. The van der Waals surface area contributed by atoms with Crippen LogP contribution >= 0.6 is 0 Å². The van der Waals surface area contributed by atoms with E-state index in [1.165, 1.54) is 23.2 Å². The highest BCUT2D eigenvalue weighted by atomic mass is 16.5. The van der Waals surface area contributed by atoms with Crippen LogP contribution in [-0.4, -0.2) is 38.8 Å². The largest absolute Gasteiger partial charge is 0.361 e. The van der Waals surface area contributed by atoms with Gasteiger partial charge in [0.25, 0.3) is 0 Å². The van der Waals surface area contributed by atoms with E-state index in [0.29, 0.717) is 23.7 Å². The van der Waals surface area contributed by atoms with E-state index in [1.807, 2.05) is 23.6 Å². The Labute approximate surface area is 186 Å². The summed E-state index contributed by atoms with van der Waals surface area (Å²) in [6, 6.07) is 0. The molecule has 0 bridgehead atoms. The fraction of sp³-hybridized carbons (Fsp3) is 0.720. The van der Waals surface area contributed by atoms with Crippen molar-refractivity contribution < 1.29 is 9.32 Å². The third-order valence-corrected chi connectivity index (χ3v) is 7.77. The molecule has 4 rings (SSSR count). The maximum absolute atomic E-state index is 12.8. The molecule has 1 fully saturated rings. The Hall–Kier alpha value is -2.11. The van der Waals surface area contributed by atoms with Gasteiger partial charge in [0.2, 0.25) is 5.91 Å². The molecular weight excluding hydrogens is 388 g/mol. The molecule has 1 atom stereocenters. The Bertz CT molecular complexity index is 942. The first-order valence-electron chi connectivity index (χ1n) is 11.9. The van der Waals surface area contributed by atoms with Gasteiger partial charge in [-0.1, -0.05) is 25.9 Å². The van der Waals surface area contributed by atoms with Crippen LogP contribution in [0.15, 0.2) is 4.52 Å². The molecule has 2 aliphatic rings. The van der Waals surface area contributed by atoms with E-state index >= 15 is 0 Å². The highest BCUT2D eigenvalue weighted by molar-refractivity contribution is 5.76. The van der Waals surface area contributed by atoms with E-state index in [1.54, 1.807) is 0 Å². The van der Waals surface area contributed by atoms with Gasteiger partial charge in [-0.05, 0) is 69.3 Å². The van der Waals surface area contributed by atoms with E-state index in [4.69, 9.17) is 4.52 Å². The normalized spacial score (nSPS) is 20.2. The van der Waals surface area contributed by atoms with Gasteiger partial charge in [-0.2, -0.15) is 5.10 Å². The number of aromatic nitrogens is 3. The molecule has 1 unspecified atom stereocenters. The highest BCUT2D eigenvalue weighted by Crippen LogP contribution is 2.41. The van der Waals surface area contributed by atoms with Gasteiger partial charge in [-0.15, -0.1) is 0 Å². The van der Waals surface area contributed by atoms with Gasteiger partial charge >= 0.3 is 0 Å². The zero-order valence-corrected chi connectivity index (χ0v) is 20.1. The van der Waals surface area contributed by atoms with Crippen molar-refractivity contribution in [2.45, 2.75) is 85.5 Å². The Morgan fingerprint density at radius 2 is 1.87 bits per heavy atom. The molecule has 1 saturated heterocycles. The highest BCUT2D eigenvalue weighted by Gasteiger charge is 2.35.